The highest BCUT2D eigenvalue weighted by Crippen LogP contribution is 2.30. The first kappa shape index (κ1) is 16.7. The molecule has 0 aromatic heterocycles. The van der Waals surface area contributed by atoms with Crippen LogP contribution >= 0.6 is 0 Å². The second-order valence-electron chi connectivity index (χ2n) is 6.54. The number of methoxy groups -OCH3 is 1. The van der Waals surface area contributed by atoms with Crippen molar-refractivity contribution in [3.05, 3.63) is 11.6 Å². The highest BCUT2D eigenvalue weighted by atomic mass is 16.5. The topological polar surface area (TPSA) is 24.5 Å². The average Bonchev–Trinajstić information content (AvgIpc) is 2.37. The molecule has 1 N–H and O–H groups in total. The van der Waals surface area contributed by atoms with Crippen molar-refractivity contribution in [3.63, 3.8) is 0 Å². The van der Waals surface area contributed by atoms with E-state index in [0.29, 0.717) is 11.5 Å². The molecule has 0 amide bonds. The summed E-state index contributed by atoms with van der Waals surface area (Å²) in [4.78, 5) is 2.54. The molecule has 19 heavy (non-hydrogen) atoms. The number of nitrogens with one attached hydrogen (secondary N) is 1. The zero-order valence-corrected chi connectivity index (χ0v) is 13.5. The van der Waals surface area contributed by atoms with Gasteiger partial charge >= 0.3 is 0 Å². The Kier molecular flexibility index (Phi) is 7.05. The summed E-state index contributed by atoms with van der Waals surface area (Å²) in [6.45, 7) is 14.3. The van der Waals surface area contributed by atoms with Crippen LogP contribution in [0.3, 0.4) is 0 Å². The van der Waals surface area contributed by atoms with Gasteiger partial charge in [0.1, 0.15) is 0 Å². The number of hydrogen-bond acceptors (Lipinski definition) is 3. The van der Waals surface area contributed by atoms with Crippen molar-refractivity contribution in [3.8, 4) is 0 Å². The van der Waals surface area contributed by atoms with Crippen LogP contribution in [0.25, 0.3) is 0 Å². The summed E-state index contributed by atoms with van der Waals surface area (Å²) < 4.78 is 5.38. The van der Waals surface area contributed by atoms with Crippen molar-refractivity contribution in [2.75, 3.05) is 39.9 Å². The maximum atomic E-state index is 5.38. The maximum absolute atomic E-state index is 5.38. The van der Waals surface area contributed by atoms with Gasteiger partial charge in [-0.05, 0) is 24.8 Å². The fraction of sp³-hybridized carbons (Fsp3) is 0.875. The first-order valence-corrected chi connectivity index (χ1v) is 7.62. The molecule has 1 aliphatic rings. The van der Waals surface area contributed by atoms with Gasteiger partial charge in [-0.25, -0.2) is 0 Å². The summed E-state index contributed by atoms with van der Waals surface area (Å²) in [5, 5.41) is 3.52. The molecule has 1 atom stereocenters. The number of rotatable bonds is 7. The molecule has 1 aliphatic heterocycles. The normalized spacial score (nSPS) is 19.3. The Hall–Kier alpha value is -0.380. The Bertz CT molecular complexity index is 281. The second kappa shape index (κ2) is 8.03. The van der Waals surface area contributed by atoms with E-state index in [9.17, 15) is 0 Å². The van der Waals surface area contributed by atoms with Gasteiger partial charge in [0.2, 0.25) is 0 Å². The van der Waals surface area contributed by atoms with Crippen molar-refractivity contribution in [2.45, 2.75) is 46.6 Å². The van der Waals surface area contributed by atoms with Crippen LogP contribution in [0, 0.1) is 5.41 Å². The molecule has 0 fully saturated rings. The van der Waals surface area contributed by atoms with Crippen LogP contribution in [0.5, 0.6) is 0 Å². The zero-order valence-electron chi connectivity index (χ0n) is 13.5. The van der Waals surface area contributed by atoms with Crippen LogP contribution < -0.4 is 5.32 Å². The minimum atomic E-state index is 0.323. The van der Waals surface area contributed by atoms with Gasteiger partial charge < -0.3 is 10.1 Å². The third kappa shape index (κ3) is 5.64. The summed E-state index contributed by atoms with van der Waals surface area (Å²) in [5.41, 5.74) is 1.92. The highest BCUT2D eigenvalue weighted by molar-refractivity contribution is 5.15. The van der Waals surface area contributed by atoms with Crippen molar-refractivity contribution in [2.24, 2.45) is 5.41 Å². The van der Waals surface area contributed by atoms with E-state index in [1.54, 1.807) is 12.7 Å². The summed E-state index contributed by atoms with van der Waals surface area (Å²) in [5.74, 6) is 0. The van der Waals surface area contributed by atoms with Crippen molar-refractivity contribution in [1.82, 2.24) is 10.2 Å². The van der Waals surface area contributed by atoms with E-state index in [2.05, 4.69) is 44.0 Å². The first-order chi connectivity index (χ1) is 8.99. The van der Waals surface area contributed by atoms with Gasteiger partial charge in [-0.3, -0.25) is 4.90 Å². The monoisotopic (exact) mass is 268 g/mol. The van der Waals surface area contributed by atoms with Crippen LogP contribution in [-0.2, 0) is 4.74 Å². The minimum absolute atomic E-state index is 0.323. The SMILES string of the molecule is CCCNCC(COC)N1CC=C(C(C)(C)C)CC1. The lowest BCUT2D eigenvalue weighted by molar-refractivity contribution is 0.0926. The summed E-state index contributed by atoms with van der Waals surface area (Å²) in [6.07, 6.45) is 4.80. The molecule has 0 radical (unpaired) electrons. The van der Waals surface area contributed by atoms with Crippen LogP contribution in [0.2, 0.25) is 0 Å². The molecule has 112 valence electrons. The number of ether oxygens (including phenoxy) is 1. The summed E-state index contributed by atoms with van der Waals surface area (Å²) in [6, 6.07) is 0.495. The maximum Gasteiger partial charge on any atom is 0.0630 e. The van der Waals surface area contributed by atoms with Crippen molar-refractivity contribution < 1.29 is 4.74 Å². The van der Waals surface area contributed by atoms with Crippen LogP contribution in [0.1, 0.15) is 40.5 Å². The largest absolute Gasteiger partial charge is 0.383 e. The highest BCUT2D eigenvalue weighted by Gasteiger charge is 2.25. The third-order valence-electron chi connectivity index (χ3n) is 3.89. The lowest BCUT2D eigenvalue weighted by Gasteiger charge is -2.36. The van der Waals surface area contributed by atoms with Gasteiger partial charge in [0.25, 0.3) is 0 Å². The van der Waals surface area contributed by atoms with Crippen LogP contribution in [0.4, 0.5) is 0 Å². The Morgan fingerprint density at radius 3 is 2.63 bits per heavy atom. The van der Waals surface area contributed by atoms with Gasteiger partial charge in [-0.2, -0.15) is 0 Å². The Balaban J connectivity index is 2.51. The van der Waals surface area contributed by atoms with Gasteiger partial charge in [-0.1, -0.05) is 39.3 Å². The van der Waals surface area contributed by atoms with Crippen LogP contribution in [-0.4, -0.2) is 50.8 Å². The van der Waals surface area contributed by atoms with E-state index in [0.717, 1.165) is 32.8 Å². The zero-order chi connectivity index (χ0) is 14.3. The van der Waals surface area contributed by atoms with E-state index < -0.39 is 0 Å². The van der Waals surface area contributed by atoms with Gasteiger partial charge in [0.05, 0.1) is 6.61 Å². The Morgan fingerprint density at radius 2 is 2.16 bits per heavy atom. The first-order valence-electron chi connectivity index (χ1n) is 7.62. The predicted molar refractivity (Wildman–Crippen MR) is 82.6 cm³/mol. The quantitative estimate of drug-likeness (QED) is 0.567. The van der Waals surface area contributed by atoms with Gasteiger partial charge in [0, 0.05) is 32.8 Å². The molecule has 3 nitrogen and oxygen atoms in total. The fourth-order valence-electron chi connectivity index (χ4n) is 2.63. The molecule has 0 bridgehead atoms. The van der Waals surface area contributed by atoms with E-state index in [4.69, 9.17) is 4.74 Å². The molecular formula is C16H32N2O. The van der Waals surface area contributed by atoms with Crippen molar-refractivity contribution in [1.29, 1.82) is 0 Å². The van der Waals surface area contributed by atoms with Crippen LogP contribution in [0.15, 0.2) is 11.6 Å². The van der Waals surface area contributed by atoms with E-state index in [-0.39, 0.29) is 0 Å². The van der Waals surface area contributed by atoms with Gasteiger partial charge in [-0.15, -0.1) is 0 Å². The molecule has 0 aromatic carbocycles. The molecule has 0 spiro atoms. The average molecular weight is 268 g/mol. The number of hydrogen-bond donors (Lipinski definition) is 1. The molecule has 0 aromatic rings. The number of nitrogens with zero attached hydrogens (tertiary/aromatic N) is 1. The molecule has 0 saturated carbocycles. The second-order valence-corrected chi connectivity index (χ2v) is 6.54. The molecule has 1 unspecified atom stereocenters. The molecule has 0 aliphatic carbocycles. The third-order valence-corrected chi connectivity index (χ3v) is 3.89. The van der Waals surface area contributed by atoms with Gasteiger partial charge in [0.15, 0.2) is 0 Å². The predicted octanol–water partition coefficient (Wildman–Crippen LogP) is 2.68. The van der Waals surface area contributed by atoms with E-state index in [1.165, 1.54) is 12.8 Å². The lowest BCUT2D eigenvalue weighted by Crippen LogP contribution is -2.47. The Labute approximate surface area is 119 Å². The van der Waals surface area contributed by atoms with E-state index in [1.807, 2.05) is 0 Å². The van der Waals surface area contributed by atoms with Crippen molar-refractivity contribution >= 4 is 0 Å². The Morgan fingerprint density at radius 1 is 1.42 bits per heavy atom. The standard InChI is InChI=1S/C16H32N2O/c1-6-9-17-12-15(13-19-5)18-10-7-14(8-11-18)16(2,3)4/h7,15,17H,6,8-13H2,1-5H3. The lowest BCUT2D eigenvalue weighted by atomic mass is 9.83. The smallest absolute Gasteiger partial charge is 0.0630 e. The van der Waals surface area contributed by atoms with E-state index >= 15 is 0 Å². The molecular weight excluding hydrogens is 236 g/mol. The molecule has 0 saturated heterocycles. The molecule has 1 rings (SSSR count). The summed E-state index contributed by atoms with van der Waals surface area (Å²) in [7, 11) is 1.80. The minimum Gasteiger partial charge on any atom is -0.383 e. The summed E-state index contributed by atoms with van der Waals surface area (Å²) >= 11 is 0. The molecule has 1 heterocycles. The fourth-order valence-corrected chi connectivity index (χ4v) is 2.63. The molecule has 3 heteroatoms.